The second kappa shape index (κ2) is 13.3. The number of para-hydroxylation sites is 2. The summed E-state index contributed by atoms with van der Waals surface area (Å²) in [7, 11) is 0. The quantitative estimate of drug-likeness (QED) is 0.110. The summed E-state index contributed by atoms with van der Waals surface area (Å²) >= 11 is 0. The number of hydrogen-bond donors (Lipinski definition) is 7. The molecule has 1 aliphatic heterocycles. The Balaban J connectivity index is 1.25. The van der Waals surface area contributed by atoms with Crippen LogP contribution in [0.15, 0.2) is 73.4 Å². The third kappa shape index (κ3) is 6.49. The van der Waals surface area contributed by atoms with E-state index in [0.29, 0.717) is 18.5 Å². The Morgan fingerprint density at radius 1 is 0.870 bits per heavy atom. The third-order valence-corrected chi connectivity index (χ3v) is 8.60. The predicted molar refractivity (Wildman–Crippen MR) is 171 cm³/mol. The number of aromatic amines is 3. The normalized spacial score (nSPS) is 16.7. The summed E-state index contributed by atoms with van der Waals surface area (Å²) in [6, 6.07) is 11.2. The molecule has 2 aromatic carbocycles. The number of carboxylic acid groups (broad SMARTS) is 1. The number of rotatable bonds is 12. The average molecular weight is 625 g/mol. The smallest absolute Gasteiger partial charge is 0.326 e. The van der Waals surface area contributed by atoms with Gasteiger partial charge in [-0.3, -0.25) is 14.4 Å². The number of H-pyrrole nitrogens is 3. The molecule has 0 radical (unpaired) electrons. The molecule has 0 bridgehead atoms. The molecule has 0 aliphatic carbocycles. The Bertz CT molecular complexity index is 1860. The van der Waals surface area contributed by atoms with Gasteiger partial charge in [-0.15, -0.1) is 0 Å². The minimum atomic E-state index is -1.10. The predicted octanol–water partition coefficient (Wildman–Crippen LogP) is 1.77. The van der Waals surface area contributed by atoms with Gasteiger partial charge in [-0.05, 0) is 42.5 Å². The van der Waals surface area contributed by atoms with Crippen molar-refractivity contribution in [3.8, 4) is 0 Å². The Kier molecular flexibility index (Phi) is 8.83. The number of carbonyl (C=O) groups is 4. The Morgan fingerprint density at radius 2 is 1.50 bits per heavy atom. The van der Waals surface area contributed by atoms with E-state index in [1.165, 1.54) is 11.2 Å². The molecule has 4 atom stereocenters. The summed E-state index contributed by atoms with van der Waals surface area (Å²) < 4.78 is 0. The van der Waals surface area contributed by atoms with E-state index < -0.39 is 47.9 Å². The number of carboxylic acids is 1. The van der Waals surface area contributed by atoms with Crippen LogP contribution in [0.2, 0.25) is 0 Å². The van der Waals surface area contributed by atoms with Gasteiger partial charge in [0.2, 0.25) is 17.7 Å². The zero-order valence-electron chi connectivity index (χ0n) is 25.0. The lowest BCUT2D eigenvalue weighted by molar-refractivity contribution is -0.149. The third-order valence-electron chi connectivity index (χ3n) is 8.60. The number of likely N-dealkylation sites (tertiary alicyclic amines) is 1. The van der Waals surface area contributed by atoms with Crippen LogP contribution in [-0.2, 0) is 38.4 Å². The Morgan fingerprint density at radius 3 is 2.13 bits per heavy atom. The van der Waals surface area contributed by atoms with Crippen LogP contribution in [0.4, 0.5) is 0 Å². The van der Waals surface area contributed by atoms with Crippen LogP contribution in [0.1, 0.15) is 29.7 Å². The fraction of sp³-hybridized carbons (Fsp3) is 0.303. The van der Waals surface area contributed by atoms with Crippen molar-refractivity contribution in [2.45, 2.75) is 56.3 Å². The van der Waals surface area contributed by atoms with E-state index in [0.717, 1.165) is 32.9 Å². The number of hydrogen-bond acceptors (Lipinski definition) is 6. The molecule has 1 fully saturated rings. The number of fused-ring (bicyclic) bond motifs is 2. The molecule has 46 heavy (non-hydrogen) atoms. The first kappa shape index (κ1) is 30.6. The van der Waals surface area contributed by atoms with Crippen molar-refractivity contribution in [1.29, 1.82) is 0 Å². The van der Waals surface area contributed by atoms with Gasteiger partial charge in [0.15, 0.2) is 0 Å². The number of nitrogens with one attached hydrogen (secondary N) is 5. The van der Waals surface area contributed by atoms with Gasteiger partial charge in [0.25, 0.3) is 0 Å². The summed E-state index contributed by atoms with van der Waals surface area (Å²) in [4.78, 5) is 67.8. The van der Waals surface area contributed by atoms with Crippen LogP contribution in [0, 0.1) is 0 Å². The van der Waals surface area contributed by atoms with Crippen LogP contribution >= 0.6 is 0 Å². The van der Waals surface area contributed by atoms with Crippen molar-refractivity contribution < 1.29 is 24.3 Å². The van der Waals surface area contributed by atoms with E-state index in [9.17, 15) is 24.3 Å². The van der Waals surface area contributed by atoms with E-state index >= 15 is 0 Å². The van der Waals surface area contributed by atoms with E-state index in [1.807, 2.05) is 54.7 Å². The molecule has 3 amide bonds. The fourth-order valence-electron chi connectivity index (χ4n) is 6.21. The molecule has 4 unspecified atom stereocenters. The highest BCUT2D eigenvalue weighted by atomic mass is 16.4. The average Bonchev–Trinajstić information content (AvgIpc) is 3.88. The van der Waals surface area contributed by atoms with Gasteiger partial charge in [-0.25, -0.2) is 9.78 Å². The van der Waals surface area contributed by atoms with Gasteiger partial charge in [0.05, 0.1) is 12.4 Å². The number of nitrogens with two attached hydrogens (primary N) is 1. The molecule has 6 rings (SSSR count). The first-order chi connectivity index (χ1) is 22.3. The standard InChI is InChI=1S/C33H36N8O5/c34-24(12-19-15-36-25-8-3-1-6-22(19)25)30(42)39-27(13-20-16-37-26-9-4-2-7-23(20)26)31(43)40-28(14-21-17-35-18-38-21)32(44)41-11-5-10-29(41)33(45)46/h1-4,6-9,15-18,24,27-29,36-37H,5,10-14,34H2,(H,35,38)(H,39,42)(H,40,43)(H,45,46). The topological polar surface area (TPSA) is 202 Å². The van der Waals surface area contributed by atoms with Crippen LogP contribution in [0.25, 0.3) is 21.8 Å². The molecule has 0 saturated carbocycles. The van der Waals surface area contributed by atoms with E-state index in [1.54, 1.807) is 12.4 Å². The Hall–Kier alpha value is -5.43. The molecule has 1 saturated heterocycles. The lowest BCUT2D eigenvalue weighted by atomic mass is 10.0. The molecule has 4 heterocycles. The number of aliphatic carboxylic acids is 1. The largest absolute Gasteiger partial charge is 0.480 e. The van der Waals surface area contributed by atoms with Crippen molar-refractivity contribution in [2.75, 3.05) is 6.54 Å². The summed E-state index contributed by atoms with van der Waals surface area (Å²) in [5, 5.41) is 17.2. The first-order valence-corrected chi connectivity index (χ1v) is 15.3. The lowest BCUT2D eigenvalue weighted by Gasteiger charge is -2.29. The maximum Gasteiger partial charge on any atom is 0.326 e. The van der Waals surface area contributed by atoms with E-state index in [-0.39, 0.29) is 25.8 Å². The van der Waals surface area contributed by atoms with Crippen molar-refractivity contribution in [2.24, 2.45) is 5.73 Å². The maximum atomic E-state index is 14.0. The monoisotopic (exact) mass is 624 g/mol. The van der Waals surface area contributed by atoms with Gasteiger partial charge in [0.1, 0.15) is 18.1 Å². The molecule has 8 N–H and O–H groups in total. The van der Waals surface area contributed by atoms with Crippen LogP contribution in [-0.4, -0.2) is 84.3 Å². The van der Waals surface area contributed by atoms with Crippen LogP contribution in [0.3, 0.4) is 0 Å². The van der Waals surface area contributed by atoms with Crippen molar-refractivity contribution in [3.63, 3.8) is 0 Å². The highest BCUT2D eigenvalue weighted by Gasteiger charge is 2.39. The number of benzene rings is 2. The molecular weight excluding hydrogens is 588 g/mol. The SMILES string of the molecule is NC(Cc1c[nH]c2ccccc12)C(=O)NC(Cc1c[nH]c2ccccc12)C(=O)NC(Cc1cnc[nH]1)C(=O)N1CCCC1C(=O)O. The van der Waals surface area contributed by atoms with Crippen LogP contribution < -0.4 is 16.4 Å². The van der Waals surface area contributed by atoms with Crippen molar-refractivity contribution in [1.82, 2.24) is 35.5 Å². The van der Waals surface area contributed by atoms with Gasteiger partial charge < -0.3 is 41.3 Å². The van der Waals surface area contributed by atoms with E-state index in [2.05, 4.69) is 30.6 Å². The number of amides is 3. The highest BCUT2D eigenvalue weighted by Crippen LogP contribution is 2.22. The molecule has 1 aliphatic rings. The molecule has 13 nitrogen and oxygen atoms in total. The summed E-state index contributed by atoms with van der Waals surface area (Å²) in [6.45, 7) is 0.267. The molecule has 0 spiro atoms. The summed E-state index contributed by atoms with van der Waals surface area (Å²) in [5.41, 5.74) is 10.4. The first-order valence-electron chi connectivity index (χ1n) is 15.3. The zero-order valence-corrected chi connectivity index (χ0v) is 25.0. The van der Waals surface area contributed by atoms with Gasteiger partial charge >= 0.3 is 5.97 Å². The second-order valence-corrected chi connectivity index (χ2v) is 11.7. The van der Waals surface area contributed by atoms with Gasteiger partial charge in [-0.1, -0.05) is 36.4 Å². The molecule has 13 heteroatoms. The number of aromatic nitrogens is 4. The molecule has 3 aromatic heterocycles. The highest BCUT2D eigenvalue weighted by molar-refractivity contribution is 5.95. The minimum absolute atomic E-state index is 0.0568. The van der Waals surface area contributed by atoms with Gasteiger partial charge in [0, 0.05) is 65.5 Å². The summed E-state index contributed by atoms with van der Waals surface area (Å²) in [6.07, 6.45) is 7.91. The van der Waals surface area contributed by atoms with Crippen LogP contribution in [0.5, 0.6) is 0 Å². The fourth-order valence-corrected chi connectivity index (χ4v) is 6.21. The summed E-state index contributed by atoms with van der Waals surface area (Å²) in [5.74, 6) is -2.72. The second-order valence-electron chi connectivity index (χ2n) is 11.7. The number of carbonyl (C=O) groups excluding carboxylic acids is 3. The van der Waals surface area contributed by atoms with Gasteiger partial charge in [-0.2, -0.15) is 0 Å². The zero-order chi connectivity index (χ0) is 32.2. The Labute approximate surface area is 263 Å². The number of nitrogens with zero attached hydrogens (tertiary/aromatic N) is 2. The molecular formula is C33H36N8O5. The number of imidazole rings is 1. The molecule has 5 aromatic rings. The minimum Gasteiger partial charge on any atom is -0.480 e. The van der Waals surface area contributed by atoms with E-state index in [4.69, 9.17) is 5.73 Å². The van der Waals surface area contributed by atoms with Crippen molar-refractivity contribution in [3.05, 3.63) is 90.3 Å². The lowest BCUT2D eigenvalue weighted by Crippen LogP contribution is -2.58. The maximum absolute atomic E-state index is 14.0. The molecule has 238 valence electrons. The van der Waals surface area contributed by atoms with Crippen molar-refractivity contribution >= 4 is 45.5 Å².